The van der Waals surface area contributed by atoms with Crippen LogP contribution in [-0.4, -0.2) is 36.1 Å². The van der Waals surface area contributed by atoms with E-state index in [1.165, 1.54) is 26.5 Å². The lowest BCUT2D eigenvalue weighted by Crippen LogP contribution is -2.08. The predicted molar refractivity (Wildman–Crippen MR) is 116 cm³/mol. The van der Waals surface area contributed by atoms with Crippen LogP contribution in [0, 0.1) is 25.5 Å². The fourth-order valence-electron chi connectivity index (χ4n) is 2.76. The number of methoxy groups -OCH3 is 2. The van der Waals surface area contributed by atoms with Crippen molar-refractivity contribution in [3.05, 3.63) is 80.9 Å². The summed E-state index contributed by atoms with van der Waals surface area (Å²) in [4.78, 5) is 30.8. The second-order valence-electron chi connectivity index (χ2n) is 6.30. The number of benzene rings is 1. The van der Waals surface area contributed by atoms with Crippen molar-refractivity contribution in [3.63, 3.8) is 0 Å². The summed E-state index contributed by atoms with van der Waals surface area (Å²) in [7, 11) is 2.52. The number of esters is 2. The molecular weight excluding hydrogens is 465 g/mol. The van der Waals surface area contributed by atoms with Crippen LogP contribution in [-0.2, 0) is 9.47 Å². The summed E-state index contributed by atoms with van der Waals surface area (Å²) in [5.41, 5.74) is 1.51. The summed E-state index contributed by atoms with van der Waals surface area (Å²) in [5, 5.41) is 0.0472. The maximum Gasteiger partial charge on any atom is 0.341 e. The van der Waals surface area contributed by atoms with Crippen LogP contribution in [0.3, 0.4) is 0 Å². The second kappa shape index (κ2) is 11.0. The third-order valence-electron chi connectivity index (χ3n) is 4.31. The van der Waals surface area contributed by atoms with Crippen LogP contribution in [0.2, 0.25) is 10.0 Å². The summed E-state index contributed by atoms with van der Waals surface area (Å²) >= 11 is 11.3. The van der Waals surface area contributed by atoms with Gasteiger partial charge < -0.3 is 9.47 Å². The Morgan fingerprint density at radius 2 is 1.31 bits per heavy atom. The lowest BCUT2D eigenvalue weighted by atomic mass is 9.99. The molecular formula is C22H18Cl2F2N2O4. The number of hydrogen-bond acceptors (Lipinski definition) is 6. The number of halogens is 4. The molecule has 6 nitrogen and oxygen atoms in total. The molecule has 32 heavy (non-hydrogen) atoms. The van der Waals surface area contributed by atoms with Crippen molar-refractivity contribution in [2.24, 2.45) is 0 Å². The third-order valence-corrected chi connectivity index (χ3v) is 4.91. The van der Waals surface area contributed by atoms with Crippen molar-refractivity contribution in [2.75, 3.05) is 14.2 Å². The molecule has 3 aromatic rings. The summed E-state index contributed by atoms with van der Waals surface area (Å²) in [5.74, 6) is -2.62. The number of carbonyl (C=O) groups is 2. The first-order valence-electron chi connectivity index (χ1n) is 9.00. The minimum atomic E-state index is -0.770. The molecule has 0 aliphatic rings. The molecule has 0 saturated heterocycles. The number of carbonyl (C=O) groups excluding carboxylic acids is 2. The molecule has 0 aliphatic heterocycles. The number of nitrogens with zero attached hydrogens (tertiary/aromatic N) is 2. The smallest absolute Gasteiger partial charge is 0.341 e. The van der Waals surface area contributed by atoms with E-state index >= 15 is 0 Å². The van der Waals surface area contributed by atoms with Gasteiger partial charge in [-0.1, -0.05) is 23.2 Å². The quantitative estimate of drug-likeness (QED) is 0.356. The monoisotopic (exact) mass is 482 g/mol. The lowest BCUT2D eigenvalue weighted by Gasteiger charge is -2.11. The van der Waals surface area contributed by atoms with Crippen molar-refractivity contribution in [1.82, 2.24) is 9.97 Å². The summed E-state index contributed by atoms with van der Waals surface area (Å²) in [6.45, 7) is 3.29. The molecule has 3 rings (SSSR count). The first-order valence-corrected chi connectivity index (χ1v) is 9.76. The van der Waals surface area contributed by atoms with Crippen LogP contribution < -0.4 is 0 Å². The van der Waals surface area contributed by atoms with Crippen molar-refractivity contribution in [1.29, 1.82) is 0 Å². The van der Waals surface area contributed by atoms with Crippen LogP contribution in [0.4, 0.5) is 8.78 Å². The van der Waals surface area contributed by atoms with E-state index in [-0.39, 0.29) is 21.7 Å². The number of aryl methyl sites for hydroxylation is 2. The molecule has 0 spiro atoms. The van der Waals surface area contributed by atoms with E-state index in [1.807, 2.05) is 0 Å². The number of ether oxygens (including phenoxy) is 2. The SMILES string of the molecule is COC(=O)c1c(-c2cc(F)c(Cl)cc2F)ccnc1C.COC(=O)c1c(Cl)ccnc1C. The first kappa shape index (κ1) is 25.2. The van der Waals surface area contributed by atoms with E-state index in [9.17, 15) is 18.4 Å². The molecule has 168 valence electrons. The highest BCUT2D eigenvalue weighted by Gasteiger charge is 2.20. The standard InChI is InChI=1S/C14H10ClF2NO2.C8H8ClNO2/c1-7-13(14(19)20-2)8(3-4-18-7)9-5-12(17)10(15)6-11(9)16;1-5-7(8(11)12-2)6(9)3-4-10-5/h3-6H,1-2H3;3-4H,1-2H3. The zero-order valence-electron chi connectivity index (χ0n) is 17.5. The van der Waals surface area contributed by atoms with E-state index in [4.69, 9.17) is 23.2 Å². The predicted octanol–water partition coefficient (Wildman–Crippen LogP) is 5.61. The number of hydrogen-bond donors (Lipinski definition) is 0. The van der Waals surface area contributed by atoms with Crippen LogP contribution in [0.1, 0.15) is 32.1 Å². The van der Waals surface area contributed by atoms with Gasteiger partial charge in [-0.15, -0.1) is 0 Å². The molecule has 1 aromatic carbocycles. The van der Waals surface area contributed by atoms with Gasteiger partial charge in [0.15, 0.2) is 0 Å². The van der Waals surface area contributed by atoms with Gasteiger partial charge in [0.1, 0.15) is 11.6 Å². The van der Waals surface area contributed by atoms with Crippen molar-refractivity contribution in [3.8, 4) is 11.1 Å². The average molecular weight is 483 g/mol. The topological polar surface area (TPSA) is 78.4 Å². The van der Waals surface area contributed by atoms with E-state index in [1.54, 1.807) is 26.1 Å². The molecule has 2 heterocycles. The molecule has 0 radical (unpaired) electrons. The average Bonchev–Trinajstić information content (AvgIpc) is 2.75. The van der Waals surface area contributed by atoms with Gasteiger partial charge in [0.25, 0.3) is 0 Å². The van der Waals surface area contributed by atoms with Gasteiger partial charge in [-0.3, -0.25) is 9.97 Å². The Hall–Kier alpha value is -3.10. The zero-order valence-corrected chi connectivity index (χ0v) is 19.0. The van der Waals surface area contributed by atoms with Gasteiger partial charge in [-0.25, -0.2) is 18.4 Å². The normalized spacial score (nSPS) is 10.1. The Morgan fingerprint density at radius 1 is 0.781 bits per heavy atom. The Balaban J connectivity index is 0.000000258. The highest BCUT2D eigenvalue weighted by molar-refractivity contribution is 6.33. The van der Waals surface area contributed by atoms with Crippen LogP contribution in [0.25, 0.3) is 11.1 Å². The maximum atomic E-state index is 14.0. The van der Waals surface area contributed by atoms with Crippen LogP contribution in [0.5, 0.6) is 0 Å². The lowest BCUT2D eigenvalue weighted by molar-refractivity contribution is 0.0590. The largest absolute Gasteiger partial charge is 0.465 e. The highest BCUT2D eigenvalue weighted by Crippen LogP contribution is 2.31. The Bertz CT molecular complexity index is 1150. The Kier molecular flexibility index (Phi) is 8.63. The zero-order chi connectivity index (χ0) is 24.0. The van der Waals surface area contributed by atoms with Gasteiger partial charge in [0.2, 0.25) is 0 Å². The summed E-state index contributed by atoms with van der Waals surface area (Å²) in [6, 6.07) is 4.79. The molecule has 0 saturated carbocycles. The number of pyridine rings is 2. The van der Waals surface area contributed by atoms with Gasteiger partial charge in [-0.2, -0.15) is 0 Å². The van der Waals surface area contributed by atoms with Gasteiger partial charge in [-0.05, 0) is 38.1 Å². The molecule has 0 unspecified atom stereocenters. The first-order chi connectivity index (χ1) is 15.1. The molecule has 0 fully saturated rings. The van der Waals surface area contributed by atoms with Gasteiger partial charge in [0, 0.05) is 23.5 Å². The molecule has 0 amide bonds. The summed E-state index contributed by atoms with van der Waals surface area (Å²) < 4.78 is 36.7. The van der Waals surface area contributed by atoms with Crippen molar-refractivity contribution in [2.45, 2.75) is 13.8 Å². The van der Waals surface area contributed by atoms with E-state index < -0.39 is 23.6 Å². The molecule has 0 bridgehead atoms. The van der Waals surface area contributed by atoms with Gasteiger partial charge >= 0.3 is 11.9 Å². The van der Waals surface area contributed by atoms with E-state index in [0.29, 0.717) is 22.0 Å². The van der Waals surface area contributed by atoms with Crippen molar-refractivity contribution >= 4 is 35.1 Å². The fraction of sp³-hybridized carbons (Fsp3) is 0.182. The highest BCUT2D eigenvalue weighted by atomic mass is 35.5. The van der Waals surface area contributed by atoms with E-state index in [2.05, 4.69) is 19.4 Å². The Morgan fingerprint density at radius 3 is 1.88 bits per heavy atom. The van der Waals surface area contributed by atoms with E-state index in [0.717, 1.165) is 12.1 Å². The third kappa shape index (κ3) is 5.57. The minimum absolute atomic E-state index is 0.0715. The molecule has 10 heteroatoms. The number of aromatic nitrogens is 2. The fourth-order valence-corrected chi connectivity index (χ4v) is 3.18. The minimum Gasteiger partial charge on any atom is -0.465 e. The summed E-state index contributed by atoms with van der Waals surface area (Å²) in [6.07, 6.45) is 2.95. The molecule has 0 N–H and O–H groups in total. The van der Waals surface area contributed by atoms with Gasteiger partial charge in [0.05, 0.1) is 46.8 Å². The molecule has 2 aromatic heterocycles. The molecule has 0 aliphatic carbocycles. The Labute approximate surface area is 193 Å². The van der Waals surface area contributed by atoms with Crippen LogP contribution >= 0.6 is 23.2 Å². The maximum absolute atomic E-state index is 14.0. The number of rotatable bonds is 3. The molecule has 0 atom stereocenters. The van der Waals surface area contributed by atoms with Crippen LogP contribution in [0.15, 0.2) is 36.7 Å². The van der Waals surface area contributed by atoms with Crippen molar-refractivity contribution < 1.29 is 27.8 Å². The second-order valence-corrected chi connectivity index (χ2v) is 7.12.